The summed E-state index contributed by atoms with van der Waals surface area (Å²) in [6.07, 6.45) is 3.08. The van der Waals surface area contributed by atoms with Gasteiger partial charge in [0.1, 0.15) is 0 Å². The Labute approximate surface area is 104 Å². The molecule has 5 nitrogen and oxygen atoms in total. The Balaban J connectivity index is 1.94. The summed E-state index contributed by atoms with van der Waals surface area (Å²) >= 11 is 0. The zero-order valence-electron chi connectivity index (χ0n) is 11.0. The third-order valence-electron chi connectivity index (χ3n) is 2.85. The first-order valence-electron chi connectivity index (χ1n) is 6.42. The second-order valence-electron chi connectivity index (χ2n) is 4.72. The van der Waals surface area contributed by atoms with E-state index >= 15 is 0 Å². The Morgan fingerprint density at radius 1 is 1.41 bits per heavy atom. The maximum atomic E-state index is 11.4. The molecule has 0 unspecified atom stereocenters. The van der Waals surface area contributed by atoms with E-state index in [2.05, 4.69) is 10.6 Å². The average molecular weight is 243 g/mol. The van der Waals surface area contributed by atoms with E-state index in [1.54, 1.807) is 0 Å². The Morgan fingerprint density at radius 3 is 2.76 bits per heavy atom. The lowest BCUT2D eigenvalue weighted by Crippen LogP contribution is -2.35. The van der Waals surface area contributed by atoms with Crippen LogP contribution in [0.15, 0.2) is 0 Å². The van der Waals surface area contributed by atoms with Crippen LogP contribution in [0.25, 0.3) is 0 Å². The number of hydrogen-bond donors (Lipinski definition) is 2. The summed E-state index contributed by atoms with van der Waals surface area (Å²) < 4.78 is 5.69. The van der Waals surface area contributed by atoms with Crippen molar-refractivity contribution in [2.45, 2.75) is 25.4 Å². The van der Waals surface area contributed by atoms with Gasteiger partial charge < -0.3 is 20.3 Å². The van der Waals surface area contributed by atoms with Gasteiger partial charge in [0.05, 0.1) is 12.7 Å². The van der Waals surface area contributed by atoms with E-state index in [-0.39, 0.29) is 5.91 Å². The van der Waals surface area contributed by atoms with Crippen LogP contribution in [0.4, 0.5) is 0 Å². The Hall–Kier alpha value is -0.650. The largest absolute Gasteiger partial charge is 0.376 e. The number of rotatable bonds is 7. The SMILES string of the molecule is CN(C)CCC(=O)NCCOC1CCNCC1. The van der Waals surface area contributed by atoms with E-state index < -0.39 is 0 Å². The molecule has 5 heteroatoms. The third kappa shape index (κ3) is 7.31. The lowest BCUT2D eigenvalue weighted by molar-refractivity contribution is -0.121. The number of piperidine rings is 1. The van der Waals surface area contributed by atoms with Crippen molar-refractivity contribution in [2.75, 3.05) is 46.9 Å². The van der Waals surface area contributed by atoms with E-state index in [9.17, 15) is 4.79 Å². The number of hydrogen-bond acceptors (Lipinski definition) is 4. The van der Waals surface area contributed by atoms with E-state index in [1.165, 1.54) is 0 Å². The second-order valence-corrected chi connectivity index (χ2v) is 4.72. The highest BCUT2D eigenvalue weighted by Gasteiger charge is 2.12. The molecular formula is C12H25N3O2. The van der Waals surface area contributed by atoms with Crippen molar-refractivity contribution in [1.29, 1.82) is 0 Å². The number of amides is 1. The molecule has 1 aliphatic rings. The minimum Gasteiger partial charge on any atom is -0.376 e. The summed E-state index contributed by atoms with van der Waals surface area (Å²) in [6.45, 7) is 4.12. The molecule has 0 atom stereocenters. The number of nitrogens with zero attached hydrogens (tertiary/aromatic N) is 1. The molecule has 0 aromatic carbocycles. The molecule has 1 aliphatic heterocycles. The first kappa shape index (κ1) is 14.4. The molecule has 0 saturated carbocycles. The van der Waals surface area contributed by atoms with Gasteiger partial charge in [-0.3, -0.25) is 4.79 Å². The fourth-order valence-electron chi connectivity index (χ4n) is 1.79. The molecular weight excluding hydrogens is 218 g/mol. The van der Waals surface area contributed by atoms with Gasteiger partial charge in [-0.15, -0.1) is 0 Å². The predicted molar refractivity (Wildman–Crippen MR) is 68.0 cm³/mol. The highest BCUT2D eigenvalue weighted by atomic mass is 16.5. The Bertz CT molecular complexity index is 216. The van der Waals surface area contributed by atoms with Crippen LogP contribution in [0.5, 0.6) is 0 Å². The van der Waals surface area contributed by atoms with Crippen molar-refractivity contribution in [2.24, 2.45) is 0 Å². The highest BCUT2D eigenvalue weighted by Crippen LogP contribution is 2.06. The molecule has 17 heavy (non-hydrogen) atoms. The molecule has 0 spiro atoms. The van der Waals surface area contributed by atoms with Gasteiger partial charge in [0.2, 0.25) is 5.91 Å². The first-order chi connectivity index (χ1) is 8.18. The zero-order chi connectivity index (χ0) is 12.5. The van der Waals surface area contributed by atoms with Gasteiger partial charge in [-0.2, -0.15) is 0 Å². The summed E-state index contributed by atoms with van der Waals surface area (Å²) in [5.74, 6) is 0.104. The van der Waals surface area contributed by atoms with Crippen LogP contribution in [-0.2, 0) is 9.53 Å². The molecule has 1 saturated heterocycles. The molecule has 1 heterocycles. The van der Waals surface area contributed by atoms with Gasteiger partial charge in [-0.1, -0.05) is 0 Å². The average Bonchev–Trinajstić information content (AvgIpc) is 2.33. The molecule has 0 aliphatic carbocycles. The summed E-state index contributed by atoms with van der Waals surface area (Å²) in [5, 5.41) is 6.17. The van der Waals surface area contributed by atoms with Crippen molar-refractivity contribution in [3.8, 4) is 0 Å². The van der Waals surface area contributed by atoms with Gasteiger partial charge in [0, 0.05) is 19.5 Å². The minimum absolute atomic E-state index is 0.104. The zero-order valence-corrected chi connectivity index (χ0v) is 11.0. The van der Waals surface area contributed by atoms with Crippen molar-refractivity contribution < 1.29 is 9.53 Å². The van der Waals surface area contributed by atoms with Gasteiger partial charge in [0.15, 0.2) is 0 Å². The lowest BCUT2D eigenvalue weighted by Gasteiger charge is -2.22. The van der Waals surface area contributed by atoms with Crippen LogP contribution in [0.1, 0.15) is 19.3 Å². The molecule has 100 valence electrons. The van der Waals surface area contributed by atoms with Crippen molar-refractivity contribution >= 4 is 5.91 Å². The van der Waals surface area contributed by atoms with Crippen molar-refractivity contribution in [3.05, 3.63) is 0 Å². The topological polar surface area (TPSA) is 53.6 Å². The molecule has 1 fully saturated rings. The molecule has 0 aromatic heterocycles. The van der Waals surface area contributed by atoms with E-state index in [0.29, 0.717) is 25.7 Å². The standard InChI is InChI=1S/C12H25N3O2/c1-15(2)9-5-12(16)14-8-10-17-11-3-6-13-7-4-11/h11,13H,3-10H2,1-2H3,(H,14,16). The monoisotopic (exact) mass is 243 g/mol. The van der Waals surface area contributed by atoms with Gasteiger partial charge in [-0.05, 0) is 40.0 Å². The van der Waals surface area contributed by atoms with Crippen LogP contribution >= 0.6 is 0 Å². The van der Waals surface area contributed by atoms with Crippen LogP contribution in [-0.4, -0.2) is 63.8 Å². The number of nitrogens with one attached hydrogen (secondary N) is 2. The van der Waals surface area contributed by atoms with Crippen LogP contribution < -0.4 is 10.6 Å². The third-order valence-corrected chi connectivity index (χ3v) is 2.85. The lowest BCUT2D eigenvalue weighted by atomic mass is 10.1. The van der Waals surface area contributed by atoms with Crippen LogP contribution in [0.2, 0.25) is 0 Å². The minimum atomic E-state index is 0.104. The summed E-state index contributed by atoms with van der Waals surface area (Å²) in [6, 6.07) is 0. The summed E-state index contributed by atoms with van der Waals surface area (Å²) in [7, 11) is 3.93. The summed E-state index contributed by atoms with van der Waals surface area (Å²) in [4.78, 5) is 13.4. The predicted octanol–water partition coefficient (Wildman–Crippen LogP) is -0.177. The van der Waals surface area contributed by atoms with Crippen molar-refractivity contribution in [1.82, 2.24) is 15.5 Å². The normalized spacial score (nSPS) is 17.4. The van der Waals surface area contributed by atoms with E-state index in [4.69, 9.17) is 4.74 Å². The van der Waals surface area contributed by atoms with Crippen molar-refractivity contribution in [3.63, 3.8) is 0 Å². The molecule has 1 rings (SSSR count). The molecule has 0 bridgehead atoms. The number of carbonyl (C=O) groups excluding carboxylic acids is 1. The molecule has 0 radical (unpaired) electrons. The highest BCUT2D eigenvalue weighted by molar-refractivity contribution is 5.75. The van der Waals surface area contributed by atoms with Gasteiger partial charge in [-0.25, -0.2) is 0 Å². The molecule has 2 N–H and O–H groups in total. The van der Waals surface area contributed by atoms with Crippen LogP contribution in [0, 0.1) is 0 Å². The Kier molecular flexibility index (Phi) is 7.16. The quantitative estimate of drug-likeness (QED) is 0.609. The van der Waals surface area contributed by atoms with E-state index in [1.807, 2.05) is 19.0 Å². The maximum absolute atomic E-state index is 11.4. The second kappa shape index (κ2) is 8.44. The van der Waals surface area contributed by atoms with Gasteiger partial charge in [0.25, 0.3) is 0 Å². The maximum Gasteiger partial charge on any atom is 0.221 e. The number of ether oxygens (including phenoxy) is 1. The molecule has 1 amide bonds. The fourth-order valence-corrected chi connectivity index (χ4v) is 1.79. The van der Waals surface area contributed by atoms with E-state index in [0.717, 1.165) is 32.5 Å². The van der Waals surface area contributed by atoms with Crippen LogP contribution in [0.3, 0.4) is 0 Å². The number of carbonyl (C=O) groups is 1. The summed E-state index contributed by atoms with van der Waals surface area (Å²) in [5.41, 5.74) is 0. The first-order valence-corrected chi connectivity index (χ1v) is 6.42. The van der Waals surface area contributed by atoms with Gasteiger partial charge >= 0.3 is 0 Å². The fraction of sp³-hybridized carbons (Fsp3) is 0.917. The smallest absolute Gasteiger partial charge is 0.221 e. The molecule has 0 aromatic rings. The Morgan fingerprint density at radius 2 is 2.12 bits per heavy atom.